The quantitative estimate of drug-likeness (QED) is 0.880. The van der Waals surface area contributed by atoms with Crippen molar-refractivity contribution in [3.8, 4) is 11.5 Å². The van der Waals surface area contributed by atoms with Gasteiger partial charge in [-0.05, 0) is 31.2 Å². The summed E-state index contributed by atoms with van der Waals surface area (Å²) in [5.41, 5.74) is 0.866. The van der Waals surface area contributed by atoms with Gasteiger partial charge in [0, 0.05) is 18.0 Å². The summed E-state index contributed by atoms with van der Waals surface area (Å²) < 4.78 is 12.1. The third-order valence-corrected chi connectivity index (χ3v) is 3.15. The number of nitrogens with one attached hydrogen (secondary N) is 1. The highest BCUT2D eigenvalue weighted by molar-refractivity contribution is 5.76. The first kappa shape index (κ1) is 14.9. The highest BCUT2D eigenvalue weighted by Crippen LogP contribution is 2.29. The molecule has 112 valence electrons. The Labute approximate surface area is 123 Å². The monoisotopic (exact) mass is 289 g/mol. The third-order valence-electron chi connectivity index (χ3n) is 3.15. The number of methoxy groups -OCH3 is 2. The molecule has 0 spiro atoms. The molecule has 0 radical (unpaired) electrons. The van der Waals surface area contributed by atoms with Gasteiger partial charge in [0.2, 0.25) is 5.91 Å². The number of hydrogen-bond donors (Lipinski definition) is 1. The van der Waals surface area contributed by atoms with Crippen LogP contribution in [0.15, 0.2) is 36.7 Å². The van der Waals surface area contributed by atoms with E-state index in [0.29, 0.717) is 5.75 Å². The summed E-state index contributed by atoms with van der Waals surface area (Å²) in [6.45, 7) is 2.09. The summed E-state index contributed by atoms with van der Waals surface area (Å²) in [5.74, 6) is 1.32. The molecule has 0 saturated carbocycles. The molecule has 1 heterocycles. The summed E-state index contributed by atoms with van der Waals surface area (Å²) >= 11 is 0. The van der Waals surface area contributed by atoms with Gasteiger partial charge in [-0.3, -0.25) is 9.48 Å². The zero-order chi connectivity index (χ0) is 15.2. The minimum atomic E-state index is -0.196. The first-order chi connectivity index (χ1) is 10.1. The Balaban J connectivity index is 2.08. The fourth-order valence-electron chi connectivity index (χ4n) is 2.08. The maximum absolute atomic E-state index is 12.0. The van der Waals surface area contributed by atoms with Crippen LogP contribution in [0.4, 0.5) is 0 Å². The zero-order valence-electron chi connectivity index (χ0n) is 12.4. The van der Waals surface area contributed by atoms with E-state index >= 15 is 0 Å². The summed E-state index contributed by atoms with van der Waals surface area (Å²) in [5, 5.41) is 6.93. The molecule has 0 aliphatic heterocycles. The molecule has 1 aromatic heterocycles. The van der Waals surface area contributed by atoms with Gasteiger partial charge in [0.05, 0.1) is 20.3 Å². The van der Waals surface area contributed by atoms with Crippen LogP contribution in [0.5, 0.6) is 11.5 Å². The minimum absolute atomic E-state index is 0.115. The number of amides is 1. The average molecular weight is 289 g/mol. The Kier molecular flexibility index (Phi) is 4.81. The zero-order valence-corrected chi connectivity index (χ0v) is 12.4. The van der Waals surface area contributed by atoms with E-state index in [9.17, 15) is 4.79 Å². The number of ether oxygens (including phenoxy) is 2. The molecule has 6 heteroatoms. The summed E-state index contributed by atoms with van der Waals surface area (Å²) in [6.07, 6.45) is 3.39. The normalized spacial score (nSPS) is 11.8. The van der Waals surface area contributed by atoms with Crippen LogP contribution in [0.25, 0.3) is 0 Å². The lowest BCUT2D eigenvalue weighted by molar-refractivity contribution is -0.122. The number of benzene rings is 1. The van der Waals surface area contributed by atoms with Crippen LogP contribution in [-0.2, 0) is 11.3 Å². The molecule has 2 aromatic rings. The molecule has 1 atom stereocenters. The van der Waals surface area contributed by atoms with Gasteiger partial charge in [-0.1, -0.05) is 0 Å². The van der Waals surface area contributed by atoms with Crippen molar-refractivity contribution in [3.05, 3.63) is 42.2 Å². The maximum Gasteiger partial charge on any atom is 0.242 e. The van der Waals surface area contributed by atoms with Crippen LogP contribution in [0.1, 0.15) is 18.5 Å². The second kappa shape index (κ2) is 6.78. The first-order valence-corrected chi connectivity index (χ1v) is 6.62. The number of carbonyl (C=O) groups is 1. The van der Waals surface area contributed by atoms with Gasteiger partial charge in [-0.25, -0.2) is 0 Å². The van der Waals surface area contributed by atoms with Crippen molar-refractivity contribution >= 4 is 5.91 Å². The molecule has 0 aliphatic carbocycles. The van der Waals surface area contributed by atoms with Gasteiger partial charge in [-0.15, -0.1) is 0 Å². The van der Waals surface area contributed by atoms with Gasteiger partial charge >= 0.3 is 0 Å². The Morgan fingerprint density at radius 2 is 2.19 bits per heavy atom. The summed E-state index contributed by atoms with van der Waals surface area (Å²) in [4.78, 5) is 12.0. The molecule has 21 heavy (non-hydrogen) atoms. The highest BCUT2D eigenvalue weighted by Gasteiger charge is 2.15. The van der Waals surface area contributed by atoms with Crippen LogP contribution in [0, 0.1) is 0 Å². The van der Waals surface area contributed by atoms with Gasteiger partial charge in [0.15, 0.2) is 0 Å². The van der Waals surface area contributed by atoms with Gasteiger partial charge in [0.25, 0.3) is 0 Å². The summed E-state index contributed by atoms with van der Waals surface area (Å²) in [6, 6.07) is 7.09. The van der Waals surface area contributed by atoms with Crippen molar-refractivity contribution in [2.75, 3.05) is 14.2 Å². The predicted octanol–water partition coefficient (Wildman–Crippen LogP) is 1.78. The van der Waals surface area contributed by atoms with Gasteiger partial charge < -0.3 is 14.8 Å². The van der Waals surface area contributed by atoms with E-state index < -0.39 is 0 Å². The number of hydrogen-bond acceptors (Lipinski definition) is 4. The highest BCUT2D eigenvalue weighted by atomic mass is 16.5. The van der Waals surface area contributed by atoms with E-state index in [1.165, 1.54) is 0 Å². The molecule has 0 aliphatic rings. The van der Waals surface area contributed by atoms with Crippen molar-refractivity contribution in [1.82, 2.24) is 15.1 Å². The van der Waals surface area contributed by atoms with Crippen molar-refractivity contribution < 1.29 is 14.3 Å². The van der Waals surface area contributed by atoms with E-state index in [2.05, 4.69) is 10.4 Å². The van der Waals surface area contributed by atoms with Crippen LogP contribution in [0.2, 0.25) is 0 Å². The molecule has 0 fully saturated rings. The smallest absolute Gasteiger partial charge is 0.242 e. The molecular formula is C15H19N3O3. The summed E-state index contributed by atoms with van der Waals surface area (Å²) in [7, 11) is 3.20. The van der Waals surface area contributed by atoms with Crippen LogP contribution in [-0.4, -0.2) is 29.9 Å². The van der Waals surface area contributed by atoms with E-state index in [4.69, 9.17) is 9.47 Å². The topological polar surface area (TPSA) is 65.4 Å². The van der Waals surface area contributed by atoms with Crippen LogP contribution in [0.3, 0.4) is 0 Å². The van der Waals surface area contributed by atoms with Gasteiger partial charge in [0.1, 0.15) is 18.0 Å². The molecule has 0 saturated heterocycles. The van der Waals surface area contributed by atoms with Crippen LogP contribution < -0.4 is 14.8 Å². The van der Waals surface area contributed by atoms with Crippen molar-refractivity contribution in [3.63, 3.8) is 0 Å². The lowest BCUT2D eigenvalue weighted by Gasteiger charge is -2.18. The average Bonchev–Trinajstić information content (AvgIpc) is 2.99. The third kappa shape index (κ3) is 3.75. The molecular weight excluding hydrogens is 270 g/mol. The first-order valence-electron chi connectivity index (χ1n) is 6.62. The Morgan fingerprint density at radius 3 is 2.81 bits per heavy atom. The predicted molar refractivity (Wildman–Crippen MR) is 78.3 cm³/mol. The van der Waals surface area contributed by atoms with Crippen molar-refractivity contribution in [1.29, 1.82) is 0 Å². The molecule has 0 unspecified atom stereocenters. The number of aromatic nitrogens is 2. The molecule has 0 bridgehead atoms. The standard InChI is InChI=1S/C15H19N3O3/c1-11(17-15(19)10-18-8-4-7-16-18)13-9-12(20-2)5-6-14(13)21-3/h4-9,11H,10H2,1-3H3,(H,17,19)/t11-/m0/s1. The lowest BCUT2D eigenvalue weighted by Crippen LogP contribution is -2.30. The number of carbonyl (C=O) groups excluding carboxylic acids is 1. The molecule has 1 amide bonds. The molecule has 1 aromatic carbocycles. The fraction of sp³-hybridized carbons (Fsp3) is 0.333. The second-order valence-electron chi connectivity index (χ2n) is 4.60. The number of nitrogens with zero attached hydrogens (tertiary/aromatic N) is 2. The van der Waals surface area contributed by atoms with Gasteiger partial charge in [-0.2, -0.15) is 5.10 Å². The van der Waals surface area contributed by atoms with E-state index in [-0.39, 0.29) is 18.5 Å². The molecule has 1 N–H and O–H groups in total. The minimum Gasteiger partial charge on any atom is -0.497 e. The molecule has 6 nitrogen and oxygen atoms in total. The maximum atomic E-state index is 12.0. The van der Waals surface area contributed by atoms with Crippen molar-refractivity contribution in [2.24, 2.45) is 0 Å². The van der Waals surface area contributed by atoms with E-state index in [0.717, 1.165) is 11.3 Å². The SMILES string of the molecule is COc1ccc(OC)c([C@H](C)NC(=O)Cn2cccn2)c1. The molecule has 2 rings (SSSR count). The Hall–Kier alpha value is -2.50. The van der Waals surface area contributed by atoms with E-state index in [1.54, 1.807) is 37.4 Å². The van der Waals surface area contributed by atoms with Crippen LogP contribution >= 0.6 is 0 Å². The fourth-order valence-corrected chi connectivity index (χ4v) is 2.08. The Morgan fingerprint density at radius 1 is 1.38 bits per heavy atom. The van der Waals surface area contributed by atoms with Crippen molar-refractivity contribution in [2.45, 2.75) is 19.5 Å². The lowest BCUT2D eigenvalue weighted by atomic mass is 10.1. The number of rotatable bonds is 6. The van der Waals surface area contributed by atoms with E-state index in [1.807, 2.05) is 25.1 Å². The largest absolute Gasteiger partial charge is 0.497 e. The second-order valence-corrected chi connectivity index (χ2v) is 4.60. The Bertz CT molecular complexity index is 596.